The van der Waals surface area contributed by atoms with E-state index in [2.05, 4.69) is 5.32 Å². The van der Waals surface area contributed by atoms with Crippen LogP contribution in [0.1, 0.15) is 5.56 Å². The second-order valence-corrected chi connectivity index (χ2v) is 9.67. The maximum atomic E-state index is 13.2. The van der Waals surface area contributed by atoms with Crippen LogP contribution >= 0.6 is 11.6 Å². The highest BCUT2D eigenvalue weighted by Gasteiger charge is 2.22. The summed E-state index contributed by atoms with van der Waals surface area (Å²) in [5.41, 5.74) is 1.85. The van der Waals surface area contributed by atoms with Gasteiger partial charge in [-0.2, -0.15) is 0 Å². The minimum absolute atomic E-state index is 0.0466. The van der Waals surface area contributed by atoms with Gasteiger partial charge in [0.15, 0.2) is 9.84 Å². The molecule has 0 spiro atoms. The van der Waals surface area contributed by atoms with Crippen molar-refractivity contribution in [2.45, 2.75) is 17.2 Å². The number of carbonyl (C=O) groups is 1. The van der Waals surface area contributed by atoms with Crippen molar-refractivity contribution in [2.75, 3.05) is 12.4 Å². The third kappa shape index (κ3) is 4.64. The van der Waals surface area contributed by atoms with Gasteiger partial charge in [0.25, 0.3) is 0 Å². The van der Waals surface area contributed by atoms with Crippen molar-refractivity contribution in [3.63, 3.8) is 0 Å². The molecule has 4 rings (SSSR count). The highest BCUT2D eigenvalue weighted by molar-refractivity contribution is 7.90. The van der Waals surface area contributed by atoms with Crippen LogP contribution in [-0.4, -0.2) is 26.0 Å². The molecule has 0 atom stereocenters. The lowest BCUT2D eigenvalue weighted by atomic mass is 10.2. The number of fused-ring (bicyclic) bond motifs is 1. The number of halogens is 1. The van der Waals surface area contributed by atoms with Gasteiger partial charge in [-0.25, -0.2) is 8.42 Å². The number of carbonyl (C=O) groups excluding carboxylic acids is 1. The zero-order chi connectivity index (χ0) is 22.7. The Morgan fingerprint density at radius 3 is 2.44 bits per heavy atom. The second kappa shape index (κ2) is 9.06. The van der Waals surface area contributed by atoms with E-state index in [0.717, 1.165) is 0 Å². The number of para-hydroxylation sites is 3. The number of hydrogen-bond acceptors (Lipinski definition) is 4. The lowest BCUT2D eigenvalue weighted by Gasteiger charge is -2.10. The molecule has 1 aromatic heterocycles. The van der Waals surface area contributed by atoms with Gasteiger partial charge in [-0.3, -0.25) is 4.79 Å². The largest absolute Gasteiger partial charge is 0.495 e. The molecule has 1 amide bonds. The predicted octanol–water partition coefficient (Wildman–Crippen LogP) is 4.92. The van der Waals surface area contributed by atoms with Crippen LogP contribution < -0.4 is 10.1 Å². The molecule has 0 unspecified atom stereocenters. The summed E-state index contributed by atoms with van der Waals surface area (Å²) in [5.74, 6) is 0.0901. The Morgan fingerprint density at radius 2 is 1.69 bits per heavy atom. The Bertz CT molecular complexity index is 1380. The third-order valence-corrected chi connectivity index (χ3v) is 7.01. The van der Waals surface area contributed by atoms with Crippen LogP contribution in [0.5, 0.6) is 5.75 Å². The van der Waals surface area contributed by atoms with Crippen LogP contribution in [0.15, 0.2) is 83.9 Å². The molecule has 3 aromatic carbocycles. The molecule has 0 radical (unpaired) electrons. The third-order valence-electron chi connectivity index (χ3n) is 5.05. The fraction of sp³-hybridized carbons (Fsp3) is 0.125. The summed E-state index contributed by atoms with van der Waals surface area (Å²) in [6, 6.07) is 21.0. The molecular formula is C24H21ClN2O4S. The van der Waals surface area contributed by atoms with E-state index in [0.29, 0.717) is 32.9 Å². The monoisotopic (exact) mass is 468 g/mol. The number of anilines is 1. The number of amides is 1. The van der Waals surface area contributed by atoms with Gasteiger partial charge in [0.1, 0.15) is 12.3 Å². The van der Waals surface area contributed by atoms with Gasteiger partial charge >= 0.3 is 0 Å². The number of nitrogens with one attached hydrogen (secondary N) is 1. The van der Waals surface area contributed by atoms with E-state index in [1.54, 1.807) is 65.2 Å². The maximum absolute atomic E-state index is 13.2. The number of hydrogen-bond donors (Lipinski definition) is 1. The number of sulfone groups is 1. The van der Waals surface area contributed by atoms with E-state index in [-0.39, 0.29) is 23.1 Å². The molecule has 164 valence electrons. The number of nitrogens with zero attached hydrogens (tertiary/aromatic N) is 1. The first-order valence-corrected chi connectivity index (χ1v) is 11.9. The van der Waals surface area contributed by atoms with Crippen molar-refractivity contribution in [1.29, 1.82) is 0 Å². The molecule has 0 aliphatic rings. The molecule has 0 fully saturated rings. The van der Waals surface area contributed by atoms with Crippen molar-refractivity contribution in [2.24, 2.45) is 0 Å². The average molecular weight is 469 g/mol. The van der Waals surface area contributed by atoms with Gasteiger partial charge < -0.3 is 14.6 Å². The van der Waals surface area contributed by atoms with Crippen molar-refractivity contribution in [3.05, 3.63) is 89.6 Å². The molecule has 6 nitrogen and oxygen atoms in total. The Kier molecular flexibility index (Phi) is 6.21. The highest BCUT2D eigenvalue weighted by Crippen LogP contribution is 2.29. The SMILES string of the molecule is COc1ccccc1NC(=O)Cn1cc(S(=O)(=O)Cc2ccc(Cl)cc2)c2ccccc21. The van der Waals surface area contributed by atoms with Crippen LogP contribution in [0.25, 0.3) is 10.9 Å². The zero-order valence-electron chi connectivity index (χ0n) is 17.3. The molecule has 0 aliphatic carbocycles. The summed E-state index contributed by atoms with van der Waals surface area (Å²) in [4.78, 5) is 12.9. The van der Waals surface area contributed by atoms with Gasteiger partial charge in [-0.15, -0.1) is 0 Å². The zero-order valence-corrected chi connectivity index (χ0v) is 18.9. The van der Waals surface area contributed by atoms with Crippen LogP contribution in [0.3, 0.4) is 0 Å². The van der Waals surface area contributed by atoms with Gasteiger partial charge in [0, 0.05) is 22.1 Å². The van der Waals surface area contributed by atoms with Crippen molar-refractivity contribution >= 4 is 43.9 Å². The lowest BCUT2D eigenvalue weighted by Crippen LogP contribution is -2.18. The summed E-state index contributed by atoms with van der Waals surface area (Å²) in [6.07, 6.45) is 1.53. The number of benzene rings is 3. The summed E-state index contributed by atoms with van der Waals surface area (Å²) in [6.45, 7) is -0.0466. The minimum Gasteiger partial charge on any atom is -0.495 e. The Hall–Kier alpha value is -3.29. The van der Waals surface area contributed by atoms with E-state index >= 15 is 0 Å². The first kappa shape index (κ1) is 21.9. The van der Waals surface area contributed by atoms with Crippen LogP contribution in [0.4, 0.5) is 5.69 Å². The first-order chi connectivity index (χ1) is 15.4. The Balaban J connectivity index is 1.64. The van der Waals surface area contributed by atoms with Gasteiger partial charge in [-0.05, 0) is 35.9 Å². The van der Waals surface area contributed by atoms with Gasteiger partial charge in [0.05, 0.1) is 23.4 Å². The summed E-state index contributed by atoms with van der Waals surface area (Å²) in [7, 11) is -2.12. The van der Waals surface area contributed by atoms with E-state index < -0.39 is 9.84 Å². The normalized spacial score (nSPS) is 11.4. The maximum Gasteiger partial charge on any atom is 0.244 e. The number of methoxy groups -OCH3 is 1. The highest BCUT2D eigenvalue weighted by atomic mass is 35.5. The molecule has 0 saturated carbocycles. The number of rotatable bonds is 7. The standard InChI is InChI=1S/C24H21ClN2O4S/c1-31-22-9-5-3-7-20(22)26-24(28)15-27-14-23(19-6-2-4-8-21(19)27)32(29,30)16-17-10-12-18(25)13-11-17/h2-14H,15-16H2,1H3,(H,26,28). The topological polar surface area (TPSA) is 77.4 Å². The molecule has 1 N–H and O–H groups in total. The summed E-state index contributed by atoms with van der Waals surface area (Å²) < 4.78 is 33.3. The fourth-order valence-corrected chi connectivity index (χ4v) is 5.27. The average Bonchev–Trinajstić information content (AvgIpc) is 3.15. The molecule has 0 aliphatic heterocycles. The van der Waals surface area contributed by atoms with Crippen molar-refractivity contribution < 1.29 is 17.9 Å². The molecule has 1 heterocycles. The smallest absolute Gasteiger partial charge is 0.244 e. The number of ether oxygens (including phenoxy) is 1. The van der Waals surface area contributed by atoms with E-state index in [4.69, 9.17) is 16.3 Å². The van der Waals surface area contributed by atoms with Crippen LogP contribution in [0.2, 0.25) is 5.02 Å². The van der Waals surface area contributed by atoms with Crippen LogP contribution in [-0.2, 0) is 26.9 Å². The summed E-state index contributed by atoms with van der Waals surface area (Å²) >= 11 is 5.91. The quantitative estimate of drug-likeness (QED) is 0.418. The van der Waals surface area contributed by atoms with Crippen molar-refractivity contribution in [1.82, 2.24) is 4.57 Å². The molecule has 0 bridgehead atoms. The van der Waals surface area contributed by atoms with Crippen molar-refractivity contribution in [3.8, 4) is 5.75 Å². The van der Waals surface area contributed by atoms with Crippen LogP contribution in [0, 0.1) is 0 Å². The molecule has 0 saturated heterocycles. The second-order valence-electron chi connectivity index (χ2n) is 7.27. The molecule has 4 aromatic rings. The van der Waals surface area contributed by atoms with Gasteiger partial charge in [-0.1, -0.05) is 54.1 Å². The van der Waals surface area contributed by atoms with E-state index in [1.807, 2.05) is 12.1 Å². The summed E-state index contributed by atoms with van der Waals surface area (Å²) in [5, 5.41) is 3.94. The van der Waals surface area contributed by atoms with E-state index in [1.165, 1.54) is 13.3 Å². The van der Waals surface area contributed by atoms with E-state index in [9.17, 15) is 13.2 Å². The minimum atomic E-state index is -3.65. The molecular weight excluding hydrogens is 448 g/mol. The fourth-order valence-electron chi connectivity index (χ4n) is 3.56. The predicted molar refractivity (Wildman–Crippen MR) is 126 cm³/mol. The Morgan fingerprint density at radius 1 is 1.00 bits per heavy atom. The Labute approximate surface area is 191 Å². The van der Waals surface area contributed by atoms with Gasteiger partial charge in [0.2, 0.25) is 5.91 Å². The molecule has 32 heavy (non-hydrogen) atoms. The number of aromatic nitrogens is 1. The first-order valence-electron chi connectivity index (χ1n) is 9.85. The lowest BCUT2D eigenvalue weighted by molar-refractivity contribution is -0.116. The molecule has 8 heteroatoms.